The molecule has 0 amide bonds. The number of nitrogens with zero attached hydrogens (tertiary/aromatic N) is 6. The zero-order chi connectivity index (χ0) is 18.1. The topological polar surface area (TPSA) is 114 Å². The molecule has 25 heavy (non-hydrogen) atoms. The smallest absolute Gasteiger partial charge is 0.353 e. The molecule has 0 aliphatic carbocycles. The monoisotopic (exact) mass is 351 g/mol. The highest BCUT2D eigenvalue weighted by atomic mass is 16.6. The van der Waals surface area contributed by atoms with Crippen molar-refractivity contribution in [1.82, 2.24) is 14.9 Å². The van der Waals surface area contributed by atoms with Gasteiger partial charge in [-0.25, -0.2) is 0 Å². The van der Waals surface area contributed by atoms with Crippen LogP contribution in [0.3, 0.4) is 0 Å². The van der Waals surface area contributed by atoms with Crippen LogP contribution in [0.2, 0.25) is 0 Å². The van der Waals surface area contributed by atoms with Crippen LogP contribution < -0.4 is 15.5 Å². The first-order valence-electron chi connectivity index (χ1n) is 8.51. The second-order valence-electron chi connectivity index (χ2n) is 6.79. The van der Waals surface area contributed by atoms with Gasteiger partial charge >= 0.3 is 5.69 Å². The summed E-state index contributed by atoms with van der Waals surface area (Å²) in [5.41, 5.74) is 5.74. The normalized spacial score (nSPS) is 25.2. The average Bonchev–Trinajstić information content (AvgIpc) is 2.53. The van der Waals surface area contributed by atoms with E-state index in [0.717, 1.165) is 13.1 Å². The average molecular weight is 351 g/mol. The summed E-state index contributed by atoms with van der Waals surface area (Å²) in [4.78, 5) is 25.9. The minimum atomic E-state index is -0.489. The van der Waals surface area contributed by atoms with Crippen LogP contribution in [-0.2, 0) is 4.74 Å². The Kier molecular flexibility index (Phi) is 4.91. The number of anilines is 3. The van der Waals surface area contributed by atoms with Gasteiger partial charge < -0.3 is 25.2 Å². The van der Waals surface area contributed by atoms with Crippen molar-refractivity contribution >= 4 is 23.3 Å². The molecular formula is C15H25N7O3. The maximum absolute atomic E-state index is 11.5. The van der Waals surface area contributed by atoms with Gasteiger partial charge in [0.15, 0.2) is 0 Å². The highest BCUT2D eigenvalue weighted by Gasteiger charge is 2.32. The molecule has 2 fully saturated rings. The third-order valence-corrected chi connectivity index (χ3v) is 4.57. The Hall–Kier alpha value is -2.20. The van der Waals surface area contributed by atoms with Crippen molar-refractivity contribution in [3.63, 3.8) is 0 Å². The van der Waals surface area contributed by atoms with E-state index in [0.29, 0.717) is 37.9 Å². The van der Waals surface area contributed by atoms with Gasteiger partial charge in [-0.05, 0) is 20.9 Å². The van der Waals surface area contributed by atoms with Gasteiger partial charge in [-0.1, -0.05) is 0 Å². The fourth-order valence-corrected chi connectivity index (χ4v) is 3.34. The highest BCUT2D eigenvalue weighted by Crippen LogP contribution is 2.34. The SMILES string of the molecule is C[C@H]1CN(c2nc(N)c([N+](=O)[O-])c(N3CCN(C)CC3)n2)C[C@H](C)O1. The van der Waals surface area contributed by atoms with E-state index >= 15 is 0 Å². The van der Waals surface area contributed by atoms with E-state index in [1.165, 1.54) is 0 Å². The summed E-state index contributed by atoms with van der Waals surface area (Å²) >= 11 is 0. The van der Waals surface area contributed by atoms with Gasteiger partial charge in [0.05, 0.1) is 17.1 Å². The molecule has 10 nitrogen and oxygen atoms in total. The van der Waals surface area contributed by atoms with Gasteiger partial charge in [0.25, 0.3) is 0 Å². The molecule has 2 saturated heterocycles. The quantitative estimate of drug-likeness (QED) is 0.608. The molecular weight excluding hydrogens is 326 g/mol. The molecule has 0 saturated carbocycles. The molecule has 0 spiro atoms. The number of morpholine rings is 1. The number of nitrogens with two attached hydrogens (primary N) is 1. The van der Waals surface area contributed by atoms with Gasteiger partial charge in [-0.15, -0.1) is 0 Å². The summed E-state index contributed by atoms with van der Waals surface area (Å²) in [5.74, 6) is 0.655. The fourth-order valence-electron chi connectivity index (χ4n) is 3.34. The zero-order valence-electron chi connectivity index (χ0n) is 14.9. The maximum Gasteiger partial charge on any atom is 0.353 e. The third-order valence-electron chi connectivity index (χ3n) is 4.57. The van der Waals surface area contributed by atoms with E-state index in [1.807, 2.05) is 30.7 Å². The van der Waals surface area contributed by atoms with Crippen LogP contribution in [0, 0.1) is 10.1 Å². The van der Waals surface area contributed by atoms with Crippen molar-refractivity contribution in [1.29, 1.82) is 0 Å². The molecule has 3 rings (SSSR count). The molecule has 0 bridgehead atoms. The van der Waals surface area contributed by atoms with Crippen molar-refractivity contribution in [3.05, 3.63) is 10.1 Å². The number of hydrogen-bond donors (Lipinski definition) is 1. The molecule has 2 atom stereocenters. The molecule has 2 aliphatic heterocycles. The standard InChI is InChI=1S/C15H25N7O3/c1-10-8-21(9-11(2)25-10)15-17-13(16)12(22(23)24)14(18-15)20-6-4-19(3)5-7-20/h10-11H,4-9H2,1-3H3,(H2,16,17,18)/t10-,11-/m0/s1. The van der Waals surface area contributed by atoms with Crippen LogP contribution in [0.4, 0.5) is 23.3 Å². The second-order valence-corrected chi connectivity index (χ2v) is 6.79. The molecule has 3 heterocycles. The number of ether oxygens (including phenoxy) is 1. The summed E-state index contributed by atoms with van der Waals surface area (Å²) < 4.78 is 5.74. The first-order chi connectivity index (χ1) is 11.8. The van der Waals surface area contributed by atoms with Gasteiger partial charge in [0, 0.05) is 39.3 Å². The van der Waals surface area contributed by atoms with Gasteiger partial charge in [0.2, 0.25) is 17.6 Å². The third kappa shape index (κ3) is 3.74. The molecule has 10 heteroatoms. The molecule has 0 radical (unpaired) electrons. The number of likely N-dealkylation sites (N-methyl/N-ethyl adjacent to an activating group) is 1. The van der Waals surface area contributed by atoms with Crippen LogP contribution in [-0.4, -0.2) is 78.3 Å². The molecule has 2 N–H and O–H groups in total. The highest BCUT2D eigenvalue weighted by molar-refractivity contribution is 5.71. The van der Waals surface area contributed by atoms with Gasteiger partial charge in [-0.2, -0.15) is 9.97 Å². The number of nitro groups is 1. The number of nitrogen functional groups attached to an aromatic ring is 1. The first kappa shape index (κ1) is 17.6. The lowest BCUT2D eigenvalue weighted by molar-refractivity contribution is -0.383. The van der Waals surface area contributed by atoms with Crippen LogP contribution in [0.25, 0.3) is 0 Å². The van der Waals surface area contributed by atoms with Crippen LogP contribution in [0.15, 0.2) is 0 Å². The second kappa shape index (κ2) is 6.96. The summed E-state index contributed by atoms with van der Waals surface area (Å²) in [5, 5.41) is 11.5. The lowest BCUT2D eigenvalue weighted by Gasteiger charge is -2.36. The van der Waals surface area contributed by atoms with Crippen molar-refractivity contribution in [2.45, 2.75) is 26.1 Å². The van der Waals surface area contributed by atoms with Crippen molar-refractivity contribution in [3.8, 4) is 0 Å². The summed E-state index contributed by atoms with van der Waals surface area (Å²) in [7, 11) is 2.03. The van der Waals surface area contributed by atoms with Crippen LogP contribution in [0.5, 0.6) is 0 Å². The van der Waals surface area contributed by atoms with Crippen LogP contribution >= 0.6 is 0 Å². The molecule has 0 aromatic carbocycles. The van der Waals surface area contributed by atoms with Crippen molar-refractivity contribution in [2.24, 2.45) is 0 Å². The predicted molar refractivity (Wildman–Crippen MR) is 95.0 cm³/mol. The Bertz CT molecular complexity index is 638. The number of aromatic nitrogens is 2. The van der Waals surface area contributed by atoms with Crippen molar-refractivity contribution in [2.75, 3.05) is 61.8 Å². The van der Waals surface area contributed by atoms with Gasteiger partial charge in [-0.3, -0.25) is 10.1 Å². The fraction of sp³-hybridized carbons (Fsp3) is 0.733. The lowest BCUT2D eigenvalue weighted by atomic mass is 10.2. The number of piperazine rings is 1. The van der Waals surface area contributed by atoms with E-state index in [4.69, 9.17) is 10.5 Å². The Balaban J connectivity index is 1.97. The Labute approximate surface area is 146 Å². The minimum absolute atomic E-state index is 0.0378. The van der Waals surface area contributed by atoms with E-state index in [-0.39, 0.29) is 23.7 Å². The predicted octanol–water partition coefficient (Wildman–Crippen LogP) is 0.332. The molecule has 1 aromatic rings. The summed E-state index contributed by atoms with van der Waals surface area (Å²) in [6, 6.07) is 0. The van der Waals surface area contributed by atoms with E-state index in [2.05, 4.69) is 14.9 Å². The summed E-state index contributed by atoms with van der Waals surface area (Å²) in [6.45, 7) is 8.21. The molecule has 138 valence electrons. The summed E-state index contributed by atoms with van der Waals surface area (Å²) in [6.07, 6.45) is 0.0757. The molecule has 0 unspecified atom stereocenters. The first-order valence-corrected chi connectivity index (χ1v) is 8.51. The van der Waals surface area contributed by atoms with Crippen LogP contribution in [0.1, 0.15) is 13.8 Å². The van der Waals surface area contributed by atoms with E-state index in [1.54, 1.807) is 0 Å². The zero-order valence-corrected chi connectivity index (χ0v) is 14.9. The maximum atomic E-state index is 11.5. The van der Waals surface area contributed by atoms with E-state index in [9.17, 15) is 10.1 Å². The Morgan fingerprint density at radius 3 is 2.28 bits per heavy atom. The lowest BCUT2D eigenvalue weighted by Crippen LogP contribution is -2.47. The Morgan fingerprint density at radius 1 is 1.12 bits per heavy atom. The molecule has 1 aromatic heterocycles. The largest absolute Gasteiger partial charge is 0.378 e. The Morgan fingerprint density at radius 2 is 1.72 bits per heavy atom. The van der Waals surface area contributed by atoms with E-state index < -0.39 is 4.92 Å². The minimum Gasteiger partial charge on any atom is -0.378 e. The number of hydrogen-bond acceptors (Lipinski definition) is 9. The van der Waals surface area contributed by atoms with Gasteiger partial charge in [0.1, 0.15) is 0 Å². The molecule has 2 aliphatic rings. The van der Waals surface area contributed by atoms with Crippen molar-refractivity contribution < 1.29 is 9.66 Å². The number of rotatable bonds is 3.